The van der Waals surface area contributed by atoms with E-state index in [0.717, 1.165) is 29.9 Å². The number of nitrogens with zero attached hydrogens (tertiary/aromatic N) is 1. The zero-order valence-electron chi connectivity index (χ0n) is 13.4. The average Bonchev–Trinajstić information content (AvgIpc) is 2.98. The van der Waals surface area contributed by atoms with Gasteiger partial charge < -0.3 is 24.8 Å². The lowest BCUT2D eigenvalue weighted by Gasteiger charge is -2.20. The van der Waals surface area contributed by atoms with Crippen LogP contribution < -0.4 is 14.8 Å². The van der Waals surface area contributed by atoms with Crippen LogP contribution in [0.15, 0.2) is 18.2 Å². The molecule has 0 aromatic heterocycles. The molecule has 0 radical (unpaired) electrons. The number of carbonyl (C=O) groups is 2. The summed E-state index contributed by atoms with van der Waals surface area (Å²) in [4.78, 5) is 23.8. The molecule has 2 N–H and O–H groups in total. The fourth-order valence-corrected chi connectivity index (χ4v) is 2.24. The van der Waals surface area contributed by atoms with Crippen molar-refractivity contribution < 1.29 is 24.2 Å². The highest BCUT2D eigenvalue weighted by molar-refractivity contribution is 5.75. The molecule has 0 bridgehead atoms. The third-order valence-electron chi connectivity index (χ3n) is 3.68. The Balaban J connectivity index is 1.75. The fourth-order valence-electron chi connectivity index (χ4n) is 2.24. The summed E-state index contributed by atoms with van der Waals surface area (Å²) < 4.78 is 10.6. The maximum absolute atomic E-state index is 11.9. The second kappa shape index (κ2) is 7.71. The Hall–Kier alpha value is -2.44. The molecule has 1 unspecified atom stereocenters. The van der Waals surface area contributed by atoms with E-state index in [0.29, 0.717) is 0 Å². The van der Waals surface area contributed by atoms with Gasteiger partial charge in [0.25, 0.3) is 0 Å². The molecule has 2 rings (SSSR count). The van der Waals surface area contributed by atoms with Gasteiger partial charge >= 0.3 is 12.0 Å². The van der Waals surface area contributed by atoms with E-state index in [2.05, 4.69) is 5.32 Å². The molecule has 1 aromatic rings. The first-order valence-electron chi connectivity index (χ1n) is 7.57. The van der Waals surface area contributed by atoms with Gasteiger partial charge in [0.05, 0.1) is 6.42 Å². The standard InChI is InChI=1S/C16H22N2O5/c1-11(17-16(21)18(2)8-7-15(19)20)3-4-12-5-6-13-14(9-12)23-10-22-13/h5-6,9,11H,3-4,7-8,10H2,1-2H3,(H,17,21)(H,19,20). The number of aliphatic carboxylic acids is 1. The summed E-state index contributed by atoms with van der Waals surface area (Å²) in [5.41, 5.74) is 1.12. The summed E-state index contributed by atoms with van der Waals surface area (Å²) in [5.74, 6) is 0.600. The molecule has 7 nitrogen and oxygen atoms in total. The van der Waals surface area contributed by atoms with Gasteiger partial charge in [0.15, 0.2) is 11.5 Å². The van der Waals surface area contributed by atoms with E-state index in [-0.39, 0.29) is 31.8 Å². The van der Waals surface area contributed by atoms with E-state index in [1.165, 1.54) is 4.90 Å². The van der Waals surface area contributed by atoms with Crippen molar-refractivity contribution in [1.82, 2.24) is 10.2 Å². The second-order valence-electron chi connectivity index (χ2n) is 5.64. The van der Waals surface area contributed by atoms with Crippen LogP contribution in [0.4, 0.5) is 4.79 Å². The van der Waals surface area contributed by atoms with Crippen molar-refractivity contribution in [3.8, 4) is 11.5 Å². The molecule has 1 aliphatic heterocycles. The van der Waals surface area contributed by atoms with Crippen molar-refractivity contribution in [2.24, 2.45) is 0 Å². The lowest BCUT2D eigenvalue weighted by Crippen LogP contribution is -2.42. The first kappa shape index (κ1) is 16.9. The Bertz CT molecular complexity index is 576. The zero-order chi connectivity index (χ0) is 16.8. The molecule has 1 heterocycles. The van der Waals surface area contributed by atoms with Gasteiger partial charge in [0.1, 0.15) is 0 Å². The van der Waals surface area contributed by atoms with Crippen LogP contribution in [0.5, 0.6) is 11.5 Å². The number of hydrogen-bond acceptors (Lipinski definition) is 4. The molecule has 0 saturated heterocycles. The largest absolute Gasteiger partial charge is 0.481 e. The van der Waals surface area contributed by atoms with Crippen LogP contribution in [0.3, 0.4) is 0 Å². The van der Waals surface area contributed by atoms with Crippen molar-refractivity contribution in [2.45, 2.75) is 32.2 Å². The summed E-state index contributed by atoms with van der Waals surface area (Å²) in [6, 6.07) is 5.56. The van der Waals surface area contributed by atoms with Crippen LogP contribution in [0, 0.1) is 0 Å². The van der Waals surface area contributed by atoms with Crippen molar-refractivity contribution in [2.75, 3.05) is 20.4 Å². The minimum atomic E-state index is -0.916. The Morgan fingerprint density at radius 1 is 1.35 bits per heavy atom. The number of rotatable bonds is 7. The van der Waals surface area contributed by atoms with Crippen LogP contribution in [0.25, 0.3) is 0 Å². The lowest BCUT2D eigenvalue weighted by molar-refractivity contribution is -0.137. The number of urea groups is 1. The van der Waals surface area contributed by atoms with Gasteiger partial charge in [-0.2, -0.15) is 0 Å². The molecule has 1 atom stereocenters. The first-order valence-corrected chi connectivity index (χ1v) is 7.57. The summed E-state index contributed by atoms with van der Waals surface area (Å²) in [6.45, 7) is 2.37. The van der Waals surface area contributed by atoms with E-state index >= 15 is 0 Å². The molecule has 1 aromatic carbocycles. The van der Waals surface area contributed by atoms with E-state index in [4.69, 9.17) is 14.6 Å². The van der Waals surface area contributed by atoms with E-state index < -0.39 is 5.97 Å². The Morgan fingerprint density at radius 2 is 2.09 bits per heavy atom. The van der Waals surface area contributed by atoms with Gasteiger partial charge in [-0.05, 0) is 37.5 Å². The molecular formula is C16H22N2O5. The summed E-state index contributed by atoms with van der Waals surface area (Å²) in [6.07, 6.45) is 1.52. The van der Waals surface area contributed by atoms with Crippen molar-refractivity contribution in [3.63, 3.8) is 0 Å². The maximum atomic E-state index is 11.9. The predicted molar refractivity (Wildman–Crippen MR) is 83.8 cm³/mol. The molecule has 0 saturated carbocycles. The van der Waals surface area contributed by atoms with Gasteiger partial charge in [-0.25, -0.2) is 4.79 Å². The van der Waals surface area contributed by atoms with Crippen molar-refractivity contribution >= 4 is 12.0 Å². The molecule has 0 spiro atoms. The highest BCUT2D eigenvalue weighted by atomic mass is 16.7. The number of hydrogen-bond donors (Lipinski definition) is 2. The predicted octanol–water partition coefficient (Wildman–Crippen LogP) is 1.85. The van der Waals surface area contributed by atoms with E-state index in [1.54, 1.807) is 7.05 Å². The highest BCUT2D eigenvalue weighted by Crippen LogP contribution is 2.32. The lowest BCUT2D eigenvalue weighted by atomic mass is 10.1. The number of nitrogens with one attached hydrogen (secondary N) is 1. The third-order valence-corrected chi connectivity index (χ3v) is 3.68. The van der Waals surface area contributed by atoms with Crippen LogP contribution >= 0.6 is 0 Å². The normalized spacial score (nSPS) is 13.5. The number of aryl methyl sites for hydroxylation is 1. The van der Waals surface area contributed by atoms with Gasteiger partial charge in [0.2, 0.25) is 6.79 Å². The zero-order valence-corrected chi connectivity index (χ0v) is 13.4. The van der Waals surface area contributed by atoms with Gasteiger partial charge in [-0.1, -0.05) is 6.07 Å². The molecule has 7 heteroatoms. The molecule has 2 amide bonds. The number of benzene rings is 1. The number of carboxylic acid groups (broad SMARTS) is 1. The summed E-state index contributed by atoms with van der Waals surface area (Å²) in [5, 5.41) is 11.5. The van der Waals surface area contributed by atoms with Crippen LogP contribution in [0.2, 0.25) is 0 Å². The molecule has 0 aliphatic carbocycles. The maximum Gasteiger partial charge on any atom is 0.317 e. The van der Waals surface area contributed by atoms with E-state index in [1.807, 2.05) is 25.1 Å². The summed E-state index contributed by atoms with van der Waals surface area (Å²) in [7, 11) is 1.59. The second-order valence-corrected chi connectivity index (χ2v) is 5.64. The molecule has 126 valence electrons. The van der Waals surface area contributed by atoms with E-state index in [9.17, 15) is 9.59 Å². The minimum absolute atomic E-state index is 0.0137. The molecule has 1 aliphatic rings. The van der Waals surface area contributed by atoms with Crippen LogP contribution in [-0.2, 0) is 11.2 Å². The molecular weight excluding hydrogens is 300 g/mol. The highest BCUT2D eigenvalue weighted by Gasteiger charge is 2.15. The SMILES string of the molecule is CC(CCc1ccc2c(c1)OCO2)NC(=O)N(C)CCC(=O)O. The smallest absolute Gasteiger partial charge is 0.317 e. The van der Waals surface area contributed by atoms with Crippen LogP contribution in [0.1, 0.15) is 25.3 Å². The number of amides is 2. The Labute approximate surface area is 135 Å². The number of ether oxygens (including phenoxy) is 2. The number of fused-ring (bicyclic) bond motifs is 1. The van der Waals surface area contributed by atoms with Crippen molar-refractivity contribution in [1.29, 1.82) is 0 Å². The number of carbonyl (C=O) groups excluding carboxylic acids is 1. The van der Waals surface area contributed by atoms with Gasteiger partial charge in [-0.3, -0.25) is 4.79 Å². The van der Waals surface area contributed by atoms with Crippen molar-refractivity contribution in [3.05, 3.63) is 23.8 Å². The Morgan fingerprint density at radius 3 is 2.83 bits per heavy atom. The Kier molecular flexibility index (Phi) is 5.67. The topological polar surface area (TPSA) is 88.1 Å². The quantitative estimate of drug-likeness (QED) is 0.800. The first-order chi connectivity index (χ1) is 11.0. The number of carboxylic acids is 1. The molecule has 0 fully saturated rings. The third kappa shape index (κ3) is 5.05. The average molecular weight is 322 g/mol. The monoisotopic (exact) mass is 322 g/mol. The molecule has 23 heavy (non-hydrogen) atoms. The van der Waals surface area contributed by atoms with Crippen LogP contribution in [-0.4, -0.2) is 48.4 Å². The minimum Gasteiger partial charge on any atom is -0.481 e. The van der Waals surface area contributed by atoms with Gasteiger partial charge in [-0.15, -0.1) is 0 Å². The van der Waals surface area contributed by atoms with Gasteiger partial charge in [0, 0.05) is 19.6 Å². The fraction of sp³-hybridized carbons (Fsp3) is 0.500. The summed E-state index contributed by atoms with van der Waals surface area (Å²) >= 11 is 0.